The van der Waals surface area contributed by atoms with E-state index in [4.69, 9.17) is 0 Å². The van der Waals surface area contributed by atoms with Crippen molar-refractivity contribution in [1.29, 1.82) is 0 Å². The number of carbonyl (C=O) groups is 1. The first-order chi connectivity index (χ1) is 10.1. The number of amides is 1. The first-order valence-electron chi connectivity index (χ1n) is 6.96. The third kappa shape index (κ3) is 2.72. The predicted octanol–water partition coefficient (Wildman–Crippen LogP) is 2.31. The number of nitrogens with zero attached hydrogens (tertiary/aromatic N) is 3. The van der Waals surface area contributed by atoms with Crippen molar-refractivity contribution >= 4 is 21.8 Å². The fourth-order valence-corrected chi connectivity index (χ4v) is 3.18. The van der Waals surface area contributed by atoms with Gasteiger partial charge in [0.05, 0.1) is 12.1 Å². The van der Waals surface area contributed by atoms with Crippen molar-refractivity contribution in [2.75, 3.05) is 6.54 Å². The molecule has 1 aliphatic rings. The highest BCUT2D eigenvalue weighted by Gasteiger charge is 2.24. The Morgan fingerprint density at radius 1 is 1.48 bits per heavy atom. The van der Waals surface area contributed by atoms with Crippen molar-refractivity contribution in [2.45, 2.75) is 33.2 Å². The molecular weight excluding hydrogens is 332 g/mol. The molecule has 3 rings (SSSR count). The van der Waals surface area contributed by atoms with Crippen LogP contribution < -0.4 is 0 Å². The van der Waals surface area contributed by atoms with Gasteiger partial charge in [0.15, 0.2) is 0 Å². The van der Waals surface area contributed by atoms with E-state index >= 15 is 0 Å². The van der Waals surface area contributed by atoms with Crippen LogP contribution in [0, 0.1) is 13.8 Å². The molecule has 1 aliphatic heterocycles. The normalized spacial score (nSPS) is 14.1. The third-order valence-corrected chi connectivity index (χ3v) is 4.76. The standard InChI is InChI=1S/C15H17BrN4O/c1-9-11(10(2)19-18-9)7-15(21)20-6-4-14-12(8-20)13(16)3-5-17-14/h3,5H,4,6-8H2,1-2H3,(H,18,19). The number of fused-ring (bicyclic) bond motifs is 1. The van der Waals surface area contributed by atoms with E-state index in [1.54, 1.807) is 6.20 Å². The lowest BCUT2D eigenvalue weighted by molar-refractivity contribution is -0.131. The molecule has 2 aromatic heterocycles. The number of aromatic amines is 1. The van der Waals surface area contributed by atoms with Crippen LogP contribution in [0.2, 0.25) is 0 Å². The number of pyridine rings is 1. The second-order valence-electron chi connectivity index (χ2n) is 5.37. The highest BCUT2D eigenvalue weighted by Crippen LogP contribution is 2.25. The Balaban J connectivity index is 1.77. The summed E-state index contributed by atoms with van der Waals surface area (Å²) < 4.78 is 1.03. The van der Waals surface area contributed by atoms with E-state index in [1.165, 1.54) is 0 Å². The molecule has 0 atom stereocenters. The first-order valence-corrected chi connectivity index (χ1v) is 7.76. The molecule has 0 saturated carbocycles. The monoisotopic (exact) mass is 348 g/mol. The minimum Gasteiger partial charge on any atom is -0.338 e. The van der Waals surface area contributed by atoms with Gasteiger partial charge in [0, 0.05) is 52.7 Å². The van der Waals surface area contributed by atoms with Crippen molar-refractivity contribution in [2.24, 2.45) is 0 Å². The lowest BCUT2D eigenvalue weighted by atomic mass is 10.0. The molecule has 0 saturated heterocycles. The summed E-state index contributed by atoms with van der Waals surface area (Å²) in [6.45, 7) is 5.23. The lowest BCUT2D eigenvalue weighted by Crippen LogP contribution is -2.37. The molecule has 2 aromatic rings. The summed E-state index contributed by atoms with van der Waals surface area (Å²) in [5.74, 6) is 0.143. The number of aromatic nitrogens is 3. The fraction of sp³-hybridized carbons (Fsp3) is 0.400. The molecule has 0 aromatic carbocycles. The topological polar surface area (TPSA) is 61.9 Å². The van der Waals surface area contributed by atoms with Crippen LogP contribution in [0.1, 0.15) is 28.2 Å². The van der Waals surface area contributed by atoms with Gasteiger partial charge in [-0.15, -0.1) is 0 Å². The molecule has 5 nitrogen and oxygen atoms in total. The number of rotatable bonds is 2. The van der Waals surface area contributed by atoms with Crippen molar-refractivity contribution in [1.82, 2.24) is 20.1 Å². The molecule has 0 spiro atoms. The Hall–Kier alpha value is -1.69. The first kappa shape index (κ1) is 14.3. The predicted molar refractivity (Wildman–Crippen MR) is 82.8 cm³/mol. The molecule has 1 N–H and O–H groups in total. The van der Waals surface area contributed by atoms with Gasteiger partial charge in [-0.25, -0.2) is 0 Å². The number of halogens is 1. The highest BCUT2D eigenvalue weighted by atomic mass is 79.9. The molecule has 110 valence electrons. The highest BCUT2D eigenvalue weighted by molar-refractivity contribution is 9.10. The molecule has 0 radical (unpaired) electrons. The molecule has 0 unspecified atom stereocenters. The van der Waals surface area contributed by atoms with Crippen LogP contribution in [0.5, 0.6) is 0 Å². The SMILES string of the molecule is Cc1n[nH]c(C)c1CC(=O)N1CCc2nccc(Br)c2C1. The number of hydrogen-bond donors (Lipinski definition) is 1. The summed E-state index contributed by atoms with van der Waals surface area (Å²) in [6, 6.07) is 1.93. The van der Waals surface area contributed by atoms with Crippen LogP contribution in [0.4, 0.5) is 0 Å². The summed E-state index contributed by atoms with van der Waals surface area (Å²) in [5, 5.41) is 7.08. The minimum absolute atomic E-state index is 0.143. The van der Waals surface area contributed by atoms with Crippen molar-refractivity contribution in [3.05, 3.63) is 44.9 Å². The quantitative estimate of drug-likeness (QED) is 0.905. The maximum absolute atomic E-state index is 12.5. The van der Waals surface area contributed by atoms with Crippen LogP contribution in [-0.2, 0) is 24.2 Å². The van der Waals surface area contributed by atoms with Crippen LogP contribution in [0.3, 0.4) is 0 Å². The third-order valence-electron chi connectivity index (χ3n) is 4.02. The zero-order valence-corrected chi connectivity index (χ0v) is 13.7. The Morgan fingerprint density at radius 2 is 2.29 bits per heavy atom. The van der Waals surface area contributed by atoms with E-state index in [0.29, 0.717) is 13.0 Å². The maximum atomic E-state index is 12.5. The number of carbonyl (C=O) groups excluding carboxylic acids is 1. The van der Waals surface area contributed by atoms with Crippen LogP contribution in [0.15, 0.2) is 16.7 Å². The van der Waals surface area contributed by atoms with Gasteiger partial charge in [-0.05, 0) is 19.9 Å². The van der Waals surface area contributed by atoms with E-state index in [1.807, 2.05) is 24.8 Å². The van der Waals surface area contributed by atoms with Gasteiger partial charge in [-0.2, -0.15) is 5.10 Å². The van der Waals surface area contributed by atoms with Gasteiger partial charge in [-0.3, -0.25) is 14.9 Å². The van der Waals surface area contributed by atoms with E-state index in [2.05, 4.69) is 31.1 Å². The number of aryl methyl sites for hydroxylation is 2. The van der Waals surface area contributed by atoms with Crippen molar-refractivity contribution in [3.63, 3.8) is 0 Å². The summed E-state index contributed by atoms with van der Waals surface area (Å²) in [4.78, 5) is 18.8. The summed E-state index contributed by atoms with van der Waals surface area (Å²) in [5.41, 5.74) is 5.10. The Bertz CT molecular complexity index is 675. The molecule has 0 aliphatic carbocycles. The van der Waals surface area contributed by atoms with E-state index in [-0.39, 0.29) is 5.91 Å². The summed E-state index contributed by atoms with van der Waals surface area (Å²) >= 11 is 3.55. The second kappa shape index (κ2) is 5.60. The zero-order chi connectivity index (χ0) is 15.0. The molecule has 3 heterocycles. The molecule has 0 fully saturated rings. The largest absolute Gasteiger partial charge is 0.338 e. The summed E-state index contributed by atoms with van der Waals surface area (Å²) in [6.07, 6.45) is 3.02. The molecule has 0 bridgehead atoms. The minimum atomic E-state index is 0.143. The zero-order valence-electron chi connectivity index (χ0n) is 12.1. The van der Waals surface area contributed by atoms with E-state index in [0.717, 1.165) is 45.6 Å². The lowest BCUT2D eigenvalue weighted by Gasteiger charge is -2.29. The maximum Gasteiger partial charge on any atom is 0.227 e. The van der Waals surface area contributed by atoms with Gasteiger partial charge in [0.25, 0.3) is 0 Å². The Labute approximate surface area is 131 Å². The number of nitrogens with one attached hydrogen (secondary N) is 1. The smallest absolute Gasteiger partial charge is 0.227 e. The Kier molecular flexibility index (Phi) is 3.80. The van der Waals surface area contributed by atoms with Gasteiger partial charge in [-0.1, -0.05) is 15.9 Å². The Morgan fingerprint density at radius 3 is 3.00 bits per heavy atom. The second-order valence-corrected chi connectivity index (χ2v) is 6.23. The average Bonchev–Trinajstić information content (AvgIpc) is 2.79. The van der Waals surface area contributed by atoms with Gasteiger partial charge >= 0.3 is 0 Å². The summed E-state index contributed by atoms with van der Waals surface area (Å²) in [7, 11) is 0. The van der Waals surface area contributed by atoms with E-state index in [9.17, 15) is 4.79 Å². The number of H-pyrrole nitrogens is 1. The van der Waals surface area contributed by atoms with E-state index < -0.39 is 0 Å². The van der Waals surface area contributed by atoms with Crippen molar-refractivity contribution in [3.8, 4) is 0 Å². The van der Waals surface area contributed by atoms with Gasteiger partial charge in [0.1, 0.15) is 0 Å². The fourth-order valence-electron chi connectivity index (χ4n) is 2.71. The van der Waals surface area contributed by atoms with Gasteiger partial charge < -0.3 is 4.90 Å². The van der Waals surface area contributed by atoms with Crippen LogP contribution in [-0.4, -0.2) is 32.5 Å². The van der Waals surface area contributed by atoms with Gasteiger partial charge in [0.2, 0.25) is 5.91 Å². The van der Waals surface area contributed by atoms with Crippen molar-refractivity contribution < 1.29 is 4.79 Å². The molecule has 1 amide bonds. The molecule has 6 heteroatoms. The molecule has 21 heavy (non-hydrogen) atoms. The number of hydrogen-bond acceptors (Lipinski definition) is 3. The van der Waals surface area contributed by atoms with Crippen LogP contribution in [0.25, 0.3) is 0 Å². The average molecular weight is 349 g/mol. The molecular formula is C15H17BrN4O. The van der Waals surface area contributed by atoms with Crippen LogP contribution >= 0.6 is 15.9 Å².